The van der Waals surface area contributed by atoms with Gasteiger partial charge >= 0.3 is 0 Å². The predicted octanol–water partition coefficient (Wildman–Crippen LogP) is 2.60. The Bertz CT molecular complexity index is 1000. The summed E-state index contributed by atoms with van der Waals surface area (Å²) in [5.74, 6) is 0.297. The summed E-state index contributed by atoms with van der Waals surface area (Å²) in [7, 11) is 0. The molecule has 0 saturated heterocycles. The zero-order valence-electron chi connectivity index (χ0n) is 13.9. The molecule has 3 aromatic rings. The van der Waals surface area contributed by atoms with Gasteiger partial charge in [-0.1, -0.05) is 6.92 Å². The molecule has 0 atom stereocenters. The van der Waals surface area contributed by atoms with E-state index in [1.165, 1.54) is 28.3 Å². The number of hydrogen-bond acceptors (Lipinski definition) is 5. The van der Waals surface area contributed by atoms with E-state index in [2.05, 4.69) is 9.97 Å². The molecule has 24 heavy (non-hydrogen) atoms. The van der Waals surface area contributed by atoms with E-state index in [0.29, 0.717) is 23.4 Å². The van der Waals surface area contributed by atoms with E-state index in [0.717, 1.165) is 21.7 Å². The molecule has 0 aliphatic rings. The summed E-state index contributed by atoms with van der Waals surface area (Å²) in [5.41, 5.74) is 1.33. The molecule has 3 heterocycles. The molecule has 0 saturated carbocycles. The van der Waals surface area contributed by atoms with Crippen LogP contribution in [0.1, 0.15) is 29.5 Å². The lowest BCUT2D eigenvalue weighted by Crippen LogP contribution is -2.22. The molecule has 0 aromatic carbocycles. The van der Waals surface area contributed by atoms with Crippen molar-refractivity contribution in [2.45, 2.75) is 33.7 Å². The van der Waals surface area contributed by atoms with Gasteiger partial charge in [0.2, 0.25) is 5.43 Å². The van der Waals surface area contributed by atoms with Gasteiger partial charge in [-0.25, -0.2) is 4.98 Å². The molecule has 0 spiro atoms. The van der Waals surface area contributed by atoms with Crippen molar-refractivity contribution in [3.05, 3.63) is 55.3 Å². The van der Waals surface area contributed by atoms with Crippen molar-refractivity contribution < 1.29 is 4.74 Å². The number of ether oxygens (including phenoxy) is 1. The molecule has 6 nitrogen and oxygen atoms in total. The van der Waals surface area contributed by atoms with Crippen LogP contribution in [0.4, 0.5) is 0 Å². The normalized spacial score (nSPS) is 11.1. The Kier molecular flexibility index (Phi) is 4.53. The first-order valence-corrected chi connectivity index (χ1v) is 8.62. The van der Waals surface area contributed by atoms with Crippen LogP contribution in [0.5, 0.6) is 5.75 Å². The Morgan fingerprint density at radius 2 is 2.12 bits per heavy atom. The fourth-order valence-electron chi connectivity index (χ4n) is 2.48. The number of nitrogens with zero attached hydrogens (tertiary/aromatic N) is 2. The minimum absolute atomic E-state index is 0.0889. The van der Waals surface area contributed by atoms with Gasteiger partial charge in [-0.2, -0.15) is 0 Å². The predicted molar refractivity (Wildman–Crippen MR) is 95.3 cm³/mol. The van der Waals surface area contributed by atoms with Crippen LogP contribution >= 0.6 is 11.3 Å². The molecule has 0 aliphatic carbocycles. The zero-order valence-corrected chi connectivity index (χ0v) is 14.7. The van der Waals surface area contributed by atoms with Crippen LogP contribution in [-0.2, 0) is 6.54 Å². The molecule has 1 N–H and O–H groups in total. The number of fused-ring (bicyclic) bond motifs is 1. The fourth-order valence-corrected chi connectivity index (χ4v) is 3.47. The Labute approximate surface area is 142 Å². The van der Waals surface area contributed by atoms with Gasteiger partial charge in [0.05, 0.1) is 24.9 Å². The first kappa shape index (κ1) is 16.4. The maximum Gasteiger partial charge on any atom is 0.262 e. The summed E-state index contributed by atoms with van der Waals surface area (Å²) in [6, 6.07) is 1.47. The highest BCUT2D eigenvalue weighted by Crippen LogP contribution is 2.25. The first-order chi connectivity index (χ1) is 11.5. The number of H-pyrrole nitrogens is 1. The van der Waals surface area contributed by atoms with Crippen LogP contribution in [0.25, 0.3) is 10.2 Å². The van der Waals surface area contributed by atoms with E-state index in [4.69, 9.17) is 4.74 Å². The van der Waals surface area contributed by atoms with E-state index in [9.17, 15) is 9.59 Å². The molecule has 0 amide bonds. The maximum absolute atomic E-state index is 12.7. The van der Waals surface area contributed by atoms with Crippen molar-refractivity contribution in [3.8, 4) is 5.75 Å². The number of aromatic amines is 1. The molecule has 0 fully saturated rings. The summed E-state index contributed by atoms with van der Waals surface area (Å²) >= 11 is 1.52. The average Bonchev–Trinajstić information content (AvgIpc) is 2.85. The van der Waals surface area contributed by atoms with E-state index in [1.807, 2.05) is 20.8 Å². The SMILES string of the molecule is CCCOc1c[nH]c(Cn2cnc3sc(C)c(C)c3c2=O)cc1=O. The summed E-state index contributed by atoms with van der Waals surface area (Å²) in [6.07, 6.45) is 3.91. The minimum atomic E-state index is -0.193. The molecule has 3 aromatic heterocycles. The molecule has 0 aliphatic heterocycles. The molecular formula is C17H19N3O3S. The number of rotatable bonds is 5. The van der Waals surface area contributed by atoms with Crippen molar-refractivity contribution >= 4 is 21.6 Å². The highest BCUT2D eigenvalue weighted by atomic mass is 32.1. The quantitative estimate of drug-likeness (QED) is 0.771. The lowest BCUT2D eigenvalue weighted by Gasteiger charge is -2.08. The number of pyridine rings is 1. The topological polar surface area (TPSA) is 77.0 Å². The van der Waals surface area contributed by atoms with Crippen LogP contribution in [0.2, 0.25) is 0 Å². The minimum Gasteiger partial charge on any atom is -0.488 e. The number of nitrogens with one attached hydrogen (secondary N) is 1. The van der Waals surface area contributed by atoms with Gasteiger partial charge in [0.25, 0.3) is 5.56 Å². The van der Waals surface area contributed by atoms with Gasteiger partial charge in [0, 0.05) is 22.8 Å². The molecular weight excluding hydrogens is 326 g/mol. The van der Waals surface area contributed by atoms with Crippen molar-refractivity contribution in [3.63, 3.8) is 0 Å². The van der Waals surface area contributed by atoms with Crippen LogP contribution < -0.4 is 15.7 Å². The molecule has 126 valence electrons. The second-order valence-electron chi connectivity index (χ2n) is 5.68. The second kappa shape index (κ2) is 6.60. The smallest absolute Gasteiger partial charge is 0.262 e. The van der Waals surface area contributed by atoms with Crippen molar-refractivity contribution in [2.24, 2.45) is 0 Å². The van der Waals surface area contributed by atoms with Gasteiger partial charge in [-0.05, 0) is 25.8 Å². The maximum atomic E-state index is 12.7. The van der Waals surface area contributed by atoms with E-state index < -0.39 is 0 Å². The molecule has 7 heteroatoms. The third-order valence-electron chi connectivity index (χ3n) is 3.90. The number of aromatic nitrogens is 3. The highest BCUT2D eigenvalue weighted by molar-refractivity contribution is 7.18. The lowest BCUT2D eigenvalue weighted by atomic mass is 10.2. The van der Waals surface area contributed by atoms with E-state index in [-0.39, 0.29) is 17.5 Å². The Morgan fingerprint density at radius 1 is 1.33 bits per heavy atom. The fraction of sp³-hybridized carbons (Fsp3) is 0.353. The zero-order chi connectivity index (χ0) is 17.3. The third kappa shape index (κ3) is 2.99. The standard InChI is InChI=1S/C17H19N3O3S/c1-4-5-23-14-7-18-12(6-13(14)21)8-20-9-19-16-15(17(20)22)10(2)11(3)24-16/h6-7,9H,4-5,8H2,1-3H3,(H,18,21). The van der Waals surface area contributed by atoms with Crippen LogP contribution in [-0.4, -0.2) is 21.1 Å². The Hall–Kier alpha value is -2.41. The van der Waals surface area contributed by atoms with Crippen LogP contribution in [0.15, 0.2) is 28.2 Å². The van der Waals surface area contributed by atoms with Gasteiger partial charge in [0.15, 0.2) is 5.75 Å². The lowest BCUT2D eigenvalue weighted by molar-refractivity contribution is 0.313. The van der Waals surface area contributed by atoms with Gasteiger partial charge < -0.3 is 9.72 Å². The average molecular weight is 345 g/mol. The highest BCUT2D eigenvalue weighted by Gasteiger charge is 2.12. The van der Waals surface area contributed by atoms with Gasteiger partial charge in [0.1, 0.15) is 4.83 Å². The van der Waals surface area contributed by atoms with Crippen molar-refractivity contribution in [1.82, 2.24) is 14.5 Å². The molecule has 3 rings (SSSR count). The number of aryl methyl sites for hydroxylation is 2. The molecule has 0 unspecified atom stereocenters. The van der Waals surface area contributed by atoms with E-state index >= 15 is 0 Å². The number of thiophene rings is 1. The van der Waals surface area contributed by atoms with Crippen molar-refractivity contribution in [1.29, 1.82) is 0 Å². The van der Waals surface area contributed by atoms with Crippen LogP contribution in [0, 0.1) is 13.8 Å². The summed E-state index contributed by atoms with van der Waals surface area (Å²) in [4.78, 5) is 34.0. The number of hydrogen-bond donors (Lipinski definition) is 1. The third-order valence-corrected chi connectivity index (χ3v) is 5.01. The van der Waals surface area contributed by atoms with Gasteiger partial charge in [-0.3, -0.25) is 14.2 Å². The van der Waals surface area contributed by atoms with Gasteiger partial charge in [-0.15, -0.1) is 11.3 Å². The molecule has 0 bridgehead atoms. The Balaban J connectivity index is 1.94. The summed E-state index contributed by atoms with van der Waals surface area (Å²) in [6.45, 7) is 6.66. The summed E-state index contributed by atoms with van der Waals surface area (Å²) in [5, 5.41) is 0.658. The van der Waals surface area contributed by atoms with Crippen LogP contribution in [0.3, 0.4) is 0 Å². The Morgan fingerprint density at radius 3 is 2.83 bits per heavy atom. The monoisotopic (exact) mass is 345 g/mol. The molecule has 0 radical (unpaired) electrons. The first-order valence-electron chi connectivity index (χ1n) is 7.80. The summed E-state index contributed by atoms with van der Waals surface area (Å²) < 4.78 is 6.88. The second-order valence-corrected chi connectivity index (χ2v) is 6.88. The van der Waals surface area contributed by atoms with Crippen molar-refractivity contribution in [2.75, 3.05) is 6.61 Å². The largest absolute Gasteiger partial charge is 0.488 e. The van der Waals surface area contributed by atoms with E-state index in [1.54, 1.807) is 6.20 Å².